The van der Waals surface area contributed by atoms with E-state index in [2.05, 4.69) is 15.0 Å². The number of nitrogens with two attached hydrogens (primary N) is 1. The monoisotopic (exact) mass is 444 g/mol. The van der Waals surface area contributed by atoms with E-state index in [1.54, 1.807) is 0 Å². The van der Waals surface area contributed by atoms with Gasteiger partial charge in [-0.3, -0.25) is 14.8 Å². The van der Waals surface area contributed by atoms with E-state index in [-0.39, 0.29) is 11.3 Å². The van der Waals surface area contributed by atoms with Crippen LogP contribution in [-0.2, 0) is 12.0 Å². The fraction of sp³-hybridized carbons (Fsp3) is 0.400. The molecule has 0 unspecified atom stereocenters. The van der Waals surface area contributed by atoms with Crippen molar-refractivity contribution in [2.24, 2.45) is 10.7 Å². The first kappa shape index (κ1) is 22.7. The molecule has 0 saturated carbocycles. The van der Waals surface area contributed by atoms with Crippen LogP contribution >= 0.6 is 0 Å². The van der Waals surface area contributed by atoms with Crippen molar-refractivity contribution in [2.75, 3.05) is 0 Å². The lowest BCUT2D eigenvalue weighted by Gasteiger charge is -2.42. The van der Waals surface area contributed by atoms with Gasteiger partial charge in [0.25, 0.3) is 12.3 Å². The molecule has 31 heavy (non-hydrogen) atoms. The molecule has 2 atom stereocenters. The van der Waals surface area contributed by atoms with Crippen molar-refractivity contribution in [3.05, 3.63) is 58.9 Å². The first-order valence-corrected chi connectivity index (χ1v) is 9.11. The first-order valence-electron chi connectivity index (χ1n) is 9.11. The molecule has 0 fully saturated rings. The van der Waals surface area contributed by atoms with Gasteiger partial charge in [-0.25, -0.2) is 31.3 Å². The highest BCUT2D eigenvalue weighted by molar-refractivity contribution is 5.95. The summed E-state index contributed by atoms with van der Waals surface area (Å²) in [5.74, 6) is -6.14. The van der Waals surface area contributed by atoms with Gasteiger partial charge >= 0.3 is 0 Å². The number of hydrogen-bond donors (Lipinski definition) is 1. The summed E-state index contributed by atoms with van der Waals surface area (Å²) in [5, 5.41) is 0. The van der Waals surface area contributed by atoms with Gasteiger partial charge in [0.05, 0.1) is 18.8 Å². The first-order chi connectivity index (χ1) is 14.3. The predicted molar refractivity (Wildman–Crippen MR) is 99.5 cm³/mol. The van der Waals surface area contributed by atoms with Gasteiger partial charge in [0.1, 0.15) is 23.0 Å². The highest BCUT2D eigenvalue weighted by atomic mass is 19.3. The van der Waals surface area contributed by atoms with E-state index >= 15 is 0 Å². The lowest BCUT2D eigenvalue weighted by molar-refractivity contribution is -0.106. The molecule has 5 nitrogen and oxygen atoms in total. The number of carbonyl (C=O) groups is 1. The number of benzene rings is 1. The third-order valence-corrected chi connectivity index (χ3v) is 5.25. The quantitative estimate of drug-likeness (QED) is 0.550. The number of Topliss-reactive ketones (excluding diaryl/α,β-unsaturated/α-hetero) is 1. The molecule has 1 aromatic carbocycles. The smallest absolute Gasteiger partial charge is 0.281 e. The van der Waals surface area contributed by atoms with Crippen molar-refractivity contribution in [3.8, 4) is 0 Å². The van der Waals surface area contributed by atoms with Gasteiger partial charge in [-0.05, 0) is 31.5 Å². The molecule has 1 aromatic heterocycles. The van der Waals surface area contributed by atoms with Crippen LogP contribution < -0.4 is 5.73 Å². The minimum absolute atomic E-state index is 0.139. The third-order valence-electron chi connectivity index (χ3n) is 5.25. The van der Waals surface area contributed by atoms with Crippen molar-refractivity contribution in [1.29, 1.82) is 0 Å². The van der Waals surface area contributed by atoms with Gasteiger partial charge in [0, 0.05) is 12.0 Å². The third kappa shape index (κ3) is 4.13. The number of ketones is 1. The van der Waals surface area contributed by atoms with Crippen LogP contribution in [0.25, 0.3) is 0 Å². The zero-order valence-corrected chi connectivity index (χ0v) is 16.5. The Hall–Kier alpha value is -2.98. The van der Waals surface area contributed by atoms with Crippen molar-refractivity contribution in [1.82, 2.24) is 9.97 Å². The van der Waals surface area contributed by atoms with E-state index < -0.39 is 65.1 Å². The molecular weight excluding hydrogens is 426 g/mol. The van der Waals surface area contributed by atoms with Crippen LogP contribution in [0.3, 0.4) is 0 Å². The number of alkyl halides is 5. The second-order valence-electron chi connectivity index (χ2n) is 7.69. The Morgan fingerprint density at radius 1 is 1.16 bits per heavy atom. The summed E-state index contributed by atoms with van der Waals surface area (Å²) in [5.41, 5.74) is -0.780. The molecule has 0 bridgehead atoms. The summed E-state index contributed by atoms with van der Waals surface area (Å²) in [4.78, 5) is 23.1. The van der Waals surface area contributed by atoms with Gasteiger partial charge in [-0.2, -0.15) is 0 Å². The van der Waals surface area contributed by atoms with Crippen LogP contribution in [0.4, 0.5) is 26.3 Å². The average molecular weight is 444 g/mol. The zero-order chi connectivity index (χ0) is 23.2. The van der Waals surface area contributed by atoms with Crippen LogP contribution in [0.5, 0.6) is 0 Å². The van der Waals surface area contributed by atoms with Crippen LogP contribution in [0, 0.1) is 5.82 Å². The molecule has 1 aliphatic rings. The summed E-state index contributed by atoms with van der Waals surface area (Å²) in [6.07, 6.45) is -2.91. The highest BCUT2D eigenvalue weighted by Gasteiger charge is 2.60. The van der Waals surface area contributed by atoms with E-state index in [1.807, 2.05) is 0 Å². The SMILES string of the molecule is C[C@]1(F)CC(F)(F)[C@@](C)(c2cc(CC(=O)c3cnc(C(F)F)cn3)ccc2F)N=C1N. The average Bonchev–Trinajstić information content (AvgIpc) is 2.67. The van der Waals surface area contributed by atoms with E-state index in [9.17, 15) is 31.1 Å². The maximum atomic E-state index is 14.8. The van der Waals surface area contributed by atoms with Gasteiger partial charge in [-0.15, -0.1) is 0 Å². The van der Waals surface area contributed by atoms with Crippen molar-refractivity contribution >= 4 is 11.6 Å². The number of carbonyl (C=O) groups excluding carboxylic acids is 1. The number of amidine groups is 1. The molecule has 11 heteroatoms. The molecule has 1 aliphatic heterocycles. The second kappa shape index (κ2) is 7.61. The molecular formula is C20H18F6N4O. The number of aliphatic imine (C=N–C) groups is 1. The Balaban J connectivity index is 1.95. The maximum Gasteiger partial charge on any atom is 0.281 e. The lowest BCUT2D eigenvalue weighted by Crippen LogP contribution is -2.56. The number of hydrogen-bond acceptors (Lipinski definition) is 5. The standard InChI is InChI=1S/C20H18F6N4O/c1-18(24)9-20(25,26)19(2,30-17(18)27)11-5-10(3-4-12(11)21)6-15(31)13-7-29-14(8-28-13)16(22)23/h3-5,7-8,16H,6,9H2,1-2H3,(H2,27,30)/t18-,19+/m0/s1. The Bertz CT molecular complexity index is 1040. The molecule has 3 rings (SSSR count). The minimum Gasteiger partial charge on any atom is -0.385 e. The molecule has 0 amide bonds. The Morgan fingerprint density at radius 2 is 1.84 bits per heavy atom. The van der Waals surface area contributed by atoms with Crippen molar-refractivity contribution in [3.63, 3.8) is 0 Å². The molecule has 166 valence electrons. The molecule has 0 radical (unpaired) electrons. The topological polar surface area (TPSA) is 81.2 Å². The van der Waals surface area contributed by atoms with E-state index in [4.69, 9.17) is 5.73 Å². The van der Waals surface area contributed by atoms with Crippen LogP contribution in [0.1, 0.15) is 54.0 Å². The Labute approximate surface area is 173 Å². The van der Waals surface area contributed by atoms with Crippen molar-refractivity contribution < 1.29 is 31.1 Å². The number of halogens is 6. The number of rotatable bonds is 5. The Kier molecular flexibility index (Phi) is 5.57. The predicted octanol–water partition coefficient (Wildman–Crippen LogP) is 4.32. The number of nitrogens with zero attached hydrogens (tertiary/aromatic N) is 3. The van der Waals surface area contributed by atoms with E-state index in [0.29, 0.717) is 0 Å². The van der Waals surface area contributed by atoms with Crippen LogP contribution in [0.15, 0.2) is 35.6 Å². The molecule has 2 aromatic rings. The van der Waals surface area contributed by atoms with Crippen molar-refractivity contribution in [2.45, 2.75) is 50.2 Å². The van der Waals surface area contributed by atoms with E-state index in [1.165, 1.54) is 6.07 Å². The van der Waals surface area contributed by atoms with Gasteiger partial charge < -0.3 is 5.73 Å². The minimum atomic E-state index is -3.78. The second-order valence-corrected chi connectivity index (χ2v) is 7.69. The molecule has 0 saturated heterocycles. The summed E-state index contributed by atoms with van der Waals surface area (Å²) in [6.45, 7) is 1.80. The van der Waals surface area contributed by atoms with Crippen LogP contribution in [0.2, 0.25) is 0 Å². The largest absolute Gasteiger partial charge is 0.385 e. The highest BCUT2D eigenvalue weighted by Crippen LogP contribution is 2.50. The fourth-order valence-electron chi connectivity index (χ4n) is 3.30. The summed E-state index contributed by atoms with van der Waals surface area (Å²) < 4.78 is 83.6. The van der Waals surface area contributed by atoms with Gasteiger partial charge in [0.2, 0.25) is 0 Å². The maximum absolute atomic E-state index is 14.8. The summed E-state index contributed by atoms with van der Waals surface area (Å²) in [7, 11) is 0. The summed E-state index contributed by atoms with van der Waals surface area (Å²) >= 11 is 0. The van der Waals surface area contributed by atoms with Gasteiger partial charge in [0.15, 0.2) is 17.0 Å². The lowest BCUT2D eigenvalue weighted by atomic mass is 9.77. The van der Waals surface area contributed by atoms with E-state index in [0.717, 1.165) is 38.4 Å². The Morgan fingerprint density at radius 3 is 2.42 bits per heavy atom. The summed E-state index contributed by atoms with van der Waals surface area (Å²) in [6, 6.07) is 3.12. The molecule has 2 N–H and O–H groups in total. The van der Waals surface area contributed by atoms with Gasteiger partial charge in [-0.1, -0.05) is 6.07 Å². The number of aromatic nitrogens is 2. The van der Waals surface area contributed by atoms with Crippen LogP contribution in [-0.4, -0.2) is 33.2 Å². The molecule has 2 heterocycles. The fourth-order valence-corrected chi connectivity index (χ4v) is 3.30. The zero-order valence-electron chi connectivity index (χ0n) is 16.5. The molecule has 0 aliphatic carbocycles. The molecule has 0 spiro atoms. The normalized spacial score (nSPS) is 25.4.